The molecule has 3 heteroatoms. The predicted molar refractivity (Wildman–Crippen MR) is 55.5 cm³/mol. The van der Waals surface area contributed by atoms with Gasteiger partial charge in [-0.2, -0.15) is 0 Å². The van der Waals surface area contributed by atoms with Gasteiger partial charge in [0.25, 0.3) is 0 Å². The third kappa shape index (κ3) is 2.18. The molecule has 68 valence electrons. The fraction of sp³-hybridized carbons (Fsp3) is 0.100. The second-order valence-electron chi connectivity index (χ2n) is 2.75. The molecule has 0 amide bonds. The van der Waals surface area contributed by atoms with Crippen LogP contribution >= 0.6 is 15.9 Å². The van der Waals surface area contributed by atoms with Crippen molar-refractivity contribution in [2.75, 3.05) is 0 Å². The second kappa shape index (κ2) is 3.75. The summed E-state index contributed by atoms with van der Waals surface area (Å²) in [5, 5.41) is 8.68. The van der Waals surface area contributed by atoms with E-state index in [0.29, 0.717) is 5.56 Å². The highest BCUT2D eigenvalue weighted by atomic mass is 79.9. The van der Waals surface area contributed by atoms with Crippen LogP contribution in [0.3, 0.4) is 0 Å². The highest BCUT2D eigenvalue weighted by molar-refractivity contribution is 9.10. The highest BCUT2D eigenvalue weighted by Crippen LogP contribution is 2.21. The summed E-state index contributed by atoms with van der Waals surface area (Å²) in [6.07, 6.45) is 0. The van der Waals surface area contributed by atoms with Gasteiger partial charge in [-0.1, -0.05) is 34.6 Å². The quantitative estimate of drug-likeness (QED) is 0.808. The second-order valence-corrected chi connectivity index (χ2v) is 3.60. The molecule has 0 fully saturated rings. The van der Waals surface area contributed by atoms with Crippen LogP contribution in [0.5, 0.6) is 0 Å². The maximum atomic E-state index is 10.6. The maximum Gasteiger partial charge on any atom is 0.335 e. The summed E-state index contributed by atoms with van der Waals surface area (Å²) in [6, 6.07) is 5.36. The van der Waals surface area contributed by atoms with Crippen molar-refractivity contribution in [2.45, 2.75) is 6.92 Å². The first-order chi connectivity index (χ1) is 6.02. The van der Waals surface area contributed by atoms with E-state index in [9.17, 15) is 4.79 Å². The monoisotopic (exact) mass is 240 g/mol. The minimum Gasteiger partial charge on any atom is -0.478 e. The number of aliphatic carboxylic acids is 1. The summed E-state index contributed by atoms with van der Waals surface area (Å²) in [5.41, 5.74) is 1.81. The molecular formula is C10H9BrO2. The van der Waals surface area contributed by atoms with Gasteiger partial charge in [0.05, 0.1) is 5.57 Å². The number of carboxylic acids is 1. The average molecular weight is 241 g/mol. The Hall–Kier alpha value is -1.09. The predicted octanol–water partition coefficient (Wildman–Crippen LogP) is 2.86. The van der Waals surface area contributed by atoms with Crippen LogP contribution in [0.4, 0.5) is 0 Å². The van der Waals surface area contributed by atoms with Crippen LogP contribution in [0.25, 0.3) is 5.57 Å². The third-order valence-electron chi connectivity index (χ3n) is 1.78. The summed E-state index contributed by atoms with van der Waals surface area (Å²) in [6.45, 7) is 5.42. The minimum atomic E-state index is -0.990. The lowest BCUT2D eigenvalue weighted by Crippen LogP contribution is -1.97. The first-order valence-electron chi connectivity index (χ1n) is 3.71. The molecule has 0 spiro atoms. The lowest BCUT2D eigenvalue weighted by atomic mass is 10.1. The molecule has 0 radical (unpaired) electrons. The lowest BCUT2D eigenvalue weighted by molar-refractivity contribution is -0.130. The van der Waals surface area contributed by atoms with E-state index in [1.165, 1.54) is 0 Å². The number of carboxylic acid groups (broad SMARTS) is 1. The normalized spacial score (nSPS) is 9.69. The number of rotatable bonds is 2. The number of halogens is 1. The molecule has 0 aromatic heterocycles. The third-order valence-corrected chi connectivity index (χ3v) is 2.63. The van der Waals surface area contributed by atoms with Crippen molar-refractivity contribution in [1.29, 1.82) is 0 Å². The number of hydrogen-bond acceptors (Lipinski definition) is 1. The van der Waals surface area contributed by atoms with Crippen LogP contribution in [-0.2, 0) is 4.79 Å². The van der Waals surface area contributed by atoms with Crippen LogP contribution in [0, 0.1) is 6.92 Å². The molecule has 0 atom stereocenters. The minimum absolute atomic E-state index is 0.112. The van der Waals surface area contributed by atoms with E-state index in [0.717, 1.165) is 10.0 Å². The molecule has 0 bridgehead atoms. The van der Waals surface area contributed by atoms with Gasteiger partial charge in [0.1, 0.15) is 0 Å². The number of hydrogen-bond donors (Lipinski definition) is 1. The molecule has 0 unspecified atom stereocenters. The molecule has 0 aliphatic rings. The topological polar surface area (TPSA) is 37.3 Å². The standard InChI is InChI=1S/C10H9BrO2/c1-6-3-4-8(5-9(6)11)7(2)10(12)13/h3-5H,2H2,1H3,(H,12,13). The number of benzene rings is 1. The fourth-order valence-electron chi connectivity index (χ4n) is 0.904. The highest BCUT2D eigenvalue weighted by Gasteiger charge is 2.07. The zero-order valence-electron chi connectivity index (χ0n) is 7.17. The Morgan fingerprint density at radius 2 is 2.15 bits per heavy atom. The van der Waals surface area contributed by atoms with Gasteiger partial charge in [-0.3, -0.25) is 0 Å². The van der Waals surface area contributed by atoms with Crippen molar-refractivity contribution in [2.24, 2.45) is 0 Å². The fourth-order valence-corrected chi connectivity index (χ4v) is 1.28. The van der Waals surface area contributed by atoms with E-state index in [-0.39, 0.29) is 5.57 Å². The molecule has 1 N–H and O–H groups in total. The van der Waals surface area contributed by atoms with E-state index < -0.39 is 5.97 Å². The van der Waals surface area contributed by atoms with Crippen molar-refractivity contribution < 1.29 is 9.90 Å². The first kappa shape index (κ1) is 9.99. The van der Waals surface area contributed by atoms with Gasteiger partial charge in [-0.05, 0) is 24.1 Å². The van der Waals surface area contributed by atoms with Crippen molar-refractivity contribution >= 4 is 27.5 Å². The average Bonchev–Trinajstić information content (AvgIpc) is 2.08. The number of carbonyl (C=O) groups is 1. The van der Waals surface area contributed by atoms with Crippen LogP contribution in [0.15, 0.2) is 29.3 Å². The lowest BCUT2D eigenvalue weighted by Gasteiger charge is -2.03. The Kier molecular flexibility index (Phi) is 2.88. The molecule has 0 aliphatic carbocycles. The molecule has 0 heterocycles. The Morgan fingerprint density at radius 3 is 2.62 bits per heavy atom. The van der Waals surface area contributed by atoms with Gasteiger partial charge in [0.15, 0.2) is 0 Å². The maximum absolute atomic E-state index is 10.6. The van der Waals surface area contributed by atoms with Gasteiger partial charge in [-0.25, -0.2) is 4.79 Å². The summed E-state index contributed by atoms with van der Waals surface area (Å²) >= 11 is 3.33. The SMILES string of the molecule is C=C(C(=O)O)c1ccc(C)c(Br)c1. The zero-order chi connectivity index (χ0) is 10.0. The Morgan fingerprint density at radius 1 is 1.54 bits per heavy atom. The zero-order valence-corrected chi connectivity index (χ0v) is 8.76. The van der Waals surface area contributed by atoms with E-state index in [4.69, 9.17) is 5.11 Å². The molecule has 0 saturated carbocycles. The molecule has 0 saturated heterocycles. The molecular weight excluding hydrogens is 232 g/mol. The Bertz CT molecular complexity index is 369. The van der Waals surface area contributed by atoms with Crippen molar-refractivity contribution in [3.8, 4) is 0 Å². The summed E-state index contributed by atoms with van der Waals surface area (Å²) in [4.78, 5) is 10.6. The van der Waals surface area contributed by atoms with Gasteiger partial charge < -0.3 is 5.11 Å². The molecule has 0 aliphatic heterocycles. The summed E-state index contributed by atoms with van der Waals surface area (Å²) < 4.78 is 0.896. The van der Waals surface area contributed by atoms with Crippen LogP contribution in [0.1, 0.15) is 11.1 Å². The molecule has 1 aromatic rings. The smallest absolute Gasteiger partial charge is 0.335 e. The van der Waals surface area contributed by atoms with E-state index >= 15 is 0 Å². The Balaban J connectivity index is 3.11. The summed E-state index contributed by atoms with van der Waals surface area (Å²) in [5.74, 6) is -0.990. The number of aryl methyl sites for hydroxylation is 1. The van der Waals surface area contributed by atoms with Gasteiger partial charge in [0, 0.05) is 4.47 Å². The van der Waals surface area contributed by atoms with Crippen LogP contribution < -0.4 is 0 Å². The van der Waals surface area contributed by atoms with Crippen LogP contribution in [0.2, 0.25) is 0 Å². The van der Waals surface area contributed by atoms with Gasteiger partial charge in [0.2, 0.25) is 0 Å². The molecule has 2 nitrogen and oxygen atoms in total. The van der Waals surface area contributed by atoms with Crippen LogP contribution in [-0.4, -0.2) is 11.1 Å². The summed E-state index contributed by atoms with van der Waals surface area (Å²) in [7, 11) is 0. The Labute approximate surface area is 85.0 Å². The van der Waals surface area contributed by atoms with Gasteiger partial charge in [-0.15, -0.1) is 0 Å². The first-order valence-corrected chi connectivity index (χ1v) is 4.50. The van der Waals surface area contributed by atoms with Crippen molar-refractivity contribution in [3.05, 3.63) is 40.4 Å². The van der Waals surface area contributed by atoms with Crippen molar-refractivity contribution in [3.63, 3.8) is 0 Å². The molecule has 1 aromatic carbocycles. The van der Waals surface area contributed by atoms with E-state index in [1.807, 2.05) is 13.0 Å². The van der Waals surface area contributed by atoms with Gasteiger partial charge >= 0.3 is 5.97 Å². The van der Waals surface area contributed by atoms with E-state index in [2.05, 4.69) is 22.5 Å². The van der Waals surface area contributed by atoms with Crippen molar-refractivity contribution in [1.82, 2.24) is 0 Å². The molecule has 1 rings (SSSR count). The molecule has 13 heavy (non-hydrogen) atoms. The van der Waals surface area contributed by atoms with E-state index in [1.54, 1.807) is 12.1 Å². The largest absolute Gasteiger partial charge is 0.478 e.